The van der Waals surface area contributed by atoms with Gasteiger partial charge in [-0.2, -0.15) is 0 Å². The fourth-order valence-electron chi connectivity index (χ4n) is 2.38. The number of halogens is 1. The minimum absolute atomic E-state index is 0.000300. The van der Waals surface area contributed by atoms with Crippen LogP contribution >= 0.6 is 11.6 Å². The second-order valence-corrected chi connectivity index (χ2v) is 8.39. The topological polar surface area (TPSA) is 154 Å². The molecule has 0 fully saturated rings. The number of nitrogens with two attached hydrogens (primary N) is 1. The van der Waals surface area contributed by atoms with E-state index in [1.807, 2.05) is 0 Å². The second-order valence-electron chi connectivity index (χ2n) is 6.22. The lowest BCUT2D eigenvalue weighted by molar-refractivity contribution is -0.127. The van der Waals surface area contributed by atoms with E-state index in [9.17, 15) is 22.8 Å². The Morgan fingerprint density at radius 1 is 1.13 bits per heavy atom. The van der Waals surface area contributed by atoms with E-state index in [4.69, 9.17) is 26.8 Å². The number of amides is 3. The number of hydrogen-bond donors (Lipinski definition) is 3. The molecule has 2 aromatic carbocycles. The Morgan fingerprint density at radius 3 is 2.35 bits per heavy atom. The summed E-state index contributed by atoms with van der Waals surface area (Å²) in [6.07, 6.45) is -1.34. The first kappa shape index (κ1) is 24.1. The molecule has 0 heterocycles. The van der Waals surface area contributed by atoms with Gasteiger partial charge in [-0.25, -0.2) is 22.7 Å². The van der Waals surface area contributed by atoms with Gasteiger partial charge in [-0.15, -0.1) is 0 Å². The van der Waals surface area contributed by atoms with Crippen molar-refractivity contribution < 1.29 is 32.3 Å². The summed E-state index contributed by atoms with van der Waals surface area (Å²) in [6, 6.07) is 9.08. The van der Waals surface area contributed by atoms with E-state index in [0.29, 0.717) is 10.6 Å². The fourth-order valence-corrected chi connectivity index (χ4v) is 3.71. The van der Waals surface area contributed by atoms with Crippen LogP contribution in [0.1, 0.15) is 22.8 Å². The molecule has 31 heavy (non-hydrogen) atoms. The molecule has 1 atom stereocenters. The minimum Gasteiger partial charge on any atom is -0.495 e. The number of rotatable bonds is 8. The second kappa shape index (κ2) is 10.2. The minimum atomic E-state index is -4.08. The Labute approximate surface area is 183 Å². The number of benzene rings is 2. The monoisotopic (exact) mass is 469 g/mol. The van der Waals surface area contributed by atoms with Gasteiger partial charge in [0, 0.05) is 11.6 Å². The van der Waals surface area contributed by atoms with Crippen molar-refractivity contribution in [2.75, 3.05) is 7.11 Å². The Hall–Kier alpha value is -3.15. The smallest absolute Gasteiger partial charge is 0.338 e. The van der Waals surface area contributed by atoms with Gasteiger partial charge in [-0.3, -0.25) is 10.1 Å². The Balaban J connectivity index is 2.22. The van der Waals surface area contributed by atoms with Crippen molar-refractivity contribution in [1.82, 2.24) is 10.0 Å². The van der Waals surface area contributed by atoms with Crippen molar-refractivity contribution in [2.24, 2.45) is 5.73 Å². The molecule has 0 aromatic heterocycles. The summed E-state index contributed by atoms with van der Waals surface area (Å²) in [5, 5.41) is 2.29. The highest BCUT2D eigenvalue weighted by atomic mass is 35.5. The molecule has 1 unspecified atom stereocenters. The zero-order valence-electron chi connectivity index (χ0n) is 16.5. The molecule has 3 amide bonds. The van der Waals surface area contributed by atoms with Gasteiger partial charge in [-0.1, -0.05) is 23.7 Å². The molecule has 0 radical (unpaired) electrons. The largest absolute Gasteiger partial charge is 0.495 e. The normalized spacial score (nSPS) is 12.0. The highest BCUT2D eigenvalue weighted by Gasteiger charge is 2.24. The van der Waals surface area contributed by atoms with Crippen molar-refractivity contribution in [3.63, 3.8) is 0 Å². The van der Waals surface area contributed by atoms with E-state index in [1.54, 1.807) is 29.6 Å². The Morgan fingerprint density at radius 2 is 1.77 bits per heavy atom. The van der Waals surface area contributed by atoms with Crippen molar-refractivity contribution in [3.8, 4) is 5.75 Å². The number of imide groups is 1. The summed E-state index contributed by atoms with van der Waals surface area (Å²) >= 11 is 5.82. The lowest BCUT2D eigenvalue weighted by atomic mass is 10.2. The zero-order chi connectivity index (χ0) is 23.2. The van der Waals surface area contributed by atoms with Gasteiger partial charge in [0.15, 0.2) is 6.10 Å². The standard InChI is InChI=1S/C19H20ClN3O7S/c1-11(17(24)23-19(21)26)30-18(25)13-5-8-15(29-2)16(9-13)31(27,28)22-10-12-3-6-14(20)7-4-12/h3-9,11,22H,10H2,1-2H3,(H3,21,23,24,26). The van der Waals surface area contributed by atoms with E-state index >= 15 is 0 Å². The van der Waals surface area contributed by atoms with E-state index in [-0.39, 0.29) is 22.8 Å². The Bertz CT molecular complexity index is 1090. The molecule has 2 aromatic rings. The number of carbonyl (C=O) groups excluding carboxylic acids is 3. The molecule has 4 N–H and O–H groups in total. The van der Waals surface area contributed by atoms with Crippen LogP contribution in [0.15, 0.2) is 47.4 Å². The summed E-state index contributed by atoms with van der Waals surface area (Å²) < 4.78 is 38.0. The van der Waals surface area contributed by atoms with Crippen LogP contribution in [0.25, 0.3) is 0 Å². The number of urea groups is 1. The number of carbonyl (C=O) groups is 3. The highest BCUT2D eigenvalue weighted by molar-refractivity contribution is 7.89. The van der Waals surface area contributed by atoms with Gasteiger partial charge in [0.05, 0.1) is 12.7 Å². The van der Waals surface area contributed by atoms with Crippen molar-refractivity contribution in [1.29, 1.82) is 0 Å². The first-order valence-electron chi connectivity index (χ1n) is 8.77. The number of ether oxygens (including phenoxy) is 2. The summed E-state index contributed by atoms with van der Waals surface area (Å²) in [6.45, 7) is 1.20. The van der Waals surface area contributed by atoms with Crippen LogP contribution in [-0.2, 0) is 26.1 Å². The number of sulfonamides is 1. The van der Waals surface area contributed by atoms with E-state index in [0.717, 1.165) is 6.07 Å². The average molecular weight is 470 g/mol. The van der Waals surface area contributed by atoms with Gasteiger partial charge in [0.1, 0.15) is 10.6 Å². The van der Waals surface area contributed by atoms with Gasteiger partial charge in [0.25, 0.3) is 5.91 Å². The number of primary amides is 1. The SMILES string of the molecule is COc1ccc(C(=O)OC(C)C(=O)NC(N)=O)cc1S(=O)(=O)NCc1ccc(Cl)cc1. The number of esters is 1. The number of hydrogen-bond acceptors (Lipinski definition) is 7. The zero-order valence-corrected chi connectivity index (χ0v) is 18.1. The van der Waals surface area contributed by atoms with Crippen molar-refractivity contribution >= 4 is 39.5 Å². The molecule has 0 saturated carbocycles. The Kier molecular flexibility index (Phi) is 7.97. The summed E-state index contributed by atoms with van der Waals surface area (Å²) in [7, 11) is -2.80. The predicted molar refractivity (Wildman–Crippen MR) is 111 cm³/mol. The molecule has 0 spiro atoms. The molecule has 0 aliphatic rings. The molecule has 0 aliphatic heterocycles. The summed E-state index contributed by atoms with van der Waals surface area (Å²) in [4.78, 5) is 34.4. The van der Waals surface area contributed by atoms with E-state index in [1.165, 1.54) is 26.2 Å². The van der Waals surface area contributed by atoms with Crippen LogP contribution in [0.5, 0.6) is 5.75 Å². The number of nitrogens with one attached hydrogen (secondary N) is 2. The lowest BCUT2D eigenvalue weighted by Crippen LogP contribution is -2.42. The molecular formula is C19H20ClN3O7S. The van der Waals surface area contributed by atoms with E-state index in [2.05, 4.69) is 4.72 Å². The lowest BCUT2D eigenvalue weighted by Gasteiger charge is -2.14. The predicted octanol–water partition coefficient (Wildman–Crippen LogP) is 1.57. The van der Waals surface area contributed by atoms with Crippen LogP contribution in [0.3, 0.4) is 0 Å². The quantitative estimate of drug-likeness (QED) is 0.495. The van der Waals surface area contributed by atoms with Crippen LogP contribution in [-0.4, -0.2) is 39.5 Å². The maximum atomic E-state index is 12.8. The first-order valence-corrected chi connectivity index (χ1v) is 10.6. The molecule has 10 nitrogen and oxygen atoms in total. The fraction of sp³-hybridized carbons (Fsp3) is 0.211. The average Bonchev–Trinajstić information content (AvgIpc) is 2.72. The van der Waals surface area contributed by atoms with Crippen LogP contribution in [0.2, 0.25) is 5.02 Å². The van der Waals surface area contributed by atoms with Crippen molar-refractivity contribution in [2.45, 2.75) is 24.5 Å². The molecule has 0 aliphatic carbocycles. The maximum absolute atomic E-state index is 12.8. The van der Waals surface area contributed by atoms with Crippen LogP contribution < -0.4 is 20.5 Å². The van der Waals surface area contributed by atoms with Gasteiger partial charge in [-0.05, 0) is 42.8 Å². The molecule has 2 rings (SSSR count). The molecule has 0 saturated heterocycles. The maximum Gasteiger partial charge on any atom is 0.338 e. The van der Waals surface area contributed by atoms with Crippen molar-refractivity contribution in [3.05, 3.63) is 58.6 Å². The van der Waals surface area contributed by atoms with Gasteiger partial charge in [0.2, 0.25) is 10.0 Å². The van der Waals surface area contributed by atoms with Crippen LogP contribution in [0.4, 0.5) is 4.79 Å². The van der Waals surface area contributed by atoms with Crippen LogP contribution in [0, 0.1) is 0 Å². The van der Waals surface area contributed by atoms with E-state index < -0.39 is 34.0 Å². The highest BCUT2D eigenvalue weighted by Crippen LogP contribution is 2.25. The molecular weight excluding hydrogens is 450 g/mol. The van der Waals surface area contributed by atoms with Gasteiger partial charge < -0.3 is 15.2 Å². The summed E-state index contributed by atoms with van der Waals surface area (Å²) in [5.74, 6) is -1.91. The third-order valence-electron chi connectivity index (χ3n) is 3.97. The molecule has 0 bridgehead atoms. The molecule has 12 heteroatoms. The first-order chi connectivity index (χ1) is 14.5. The molecule has 166 valence electrons. The third kappa shape index (κ3) is 6.67. The number of methoxy groups -OCH3 is 1. The third-order valence-corrected chi connectivity index (χ3v) is 5.64. The van der Waals surface area contributed by atoms with Gasteiger partial charge >= 0.3 is 12.0 Å². The summed E-state index contributed by atoms with van der Waals surface area (Å²) in [5.41, 5.74) is 5.36.